The number of ether oxygens (including phenoxy) is 2. The monoisotopic (exact) mass is 418 g/mol. The molecule has 1 N–H and O–H groups in total. The average molecular weight is 419 g/mol. The molecule has 0 bridgehead atoms. The van der Waals surface area contributed by atoms with E-state index < -0.39 is 16.1 Å². The molecule has 29 heavy (non-hydrogen) atoms. The zero-order valence-corrected chi connectivity index (χ0v) is 17.9. The number of aryl methyl sites for hydroxylation is 2. The summed E-state index contributed by atoms with van der Waals surface area (Å²) in [5.74, 6) is 0.954. The van der Waals surface area contributed by atoms with Crippen molar-refractivity contribution >= 4 is 21.6 Å². The van der Waals surface area contributed by atoms with Crippen LogP contribution in [0, 0.1) is 13.8 Å². The predicted octanol–water partition coefficient (Wildman–Crippen LogP) is 2.89. The normalized spacial score (nSPS) is 13.8. The van der Waals surface area contributed by atoms with E-state index in [0.29, 0.717) is 23.6 Å². The molecule has 2 aromatic carbocycles. The van der Waals surface area contributed by atoms with Crippen molar-refractivity contribution in [2.45, 2.75) is 39.8 Å². The number of hydrogen-bond acceptors (Lipinski definition) is 5. The highest BCUT2D eigenvalue weighted by Gasteiger charge is 2.31. The van der Waals surface area contributed by atoms with E-state index in [9.17, 15) is 13.2 Å². The molecule has 1 heterocycles. The van der Waals surface area contributed by atoms with E-state index in [0.717, 1.165) is 22.9 Å². The summed E-state index contributed by atoms with van der Waals surface area (Å²) in [6.45, 7) is 6.11. The summed E-state index contributed by atoms with van der Waals surface area (Å²) >= 11 is 0. The van der Waals surface area contributed by atoms with Crippen LogP contribution in [-0.2, 0) is 21.4 Å². The maximum Gasteiger partial charge on any atom is 0.244 e. The second kappa shape index (κ2) is 8.32. The molecule has 0 aliphatic carbocycles. The van der Waals surface area contributed by atoms with Crippen LogP contribution in [0.3, 0.4) is 0 Å². The van der Waals surface area contributed by atoms with Gasteiger partial charge in [-0.2, -0.15) is 0 Å². The van der Waals surface area contributed by atoms with Gasteiger partial charge in [-0.05, 0) is 61.2 Å². The van der Waals surface area contributed by atoms with Gasteiger partial charge in [0.1, 0.15) is 6.04 Å². The topological polar surface area (TPSA) is 84.9 Å². The zero-order valence-electron chi connectivity index (χ0n) is 17.1. The Morgan fingerprint density at radius 2 is 1.83 bits per heavy atom. The summed E-state index contributed by atoms with van der Waals surface area (Å²) in [4.78, 5) is 12.9. The van der Waals surface area contributed by atoms with Crippen LogP contribution in [0.5, 0.6) is 11.5 Å². The molecule has 0 saturated heterocycles. The molecule has 1 aliphatic rings. The van der Waals surface area contributed by atoms with E-state index in [1.807, 2.05) is 26.0 Å². The third kappa shape index (κ3) is 4.64. The first kappa shape index (κ1) is 21.0. The number of benzene rings is 2. The second-order valence-electron chi connectivity index (χ2n) is 7.16. The molecule has 1 amide bonds. The third-order valence-corrected chi connectivity index (χ3v) is 6.16. The minimum absolute atomic E-state index is 0.183. The van der Waals surface area contributed by atoms with Gasteiger partial charge in [0.15, 0.2) is 11.5 Å². The van der Waals surface area contributed by atoms with Gasteiger partial charge in [-0.25, -0.2) is 8.42 Å². The van der Waals surface area contributed by atoms with Gasteiger partial charge >= 0.3 is 0 Å². The molecule has 0 saturated carbocycles. The van der Waals surface area contributed by atoms with Gasteiger partial charge in [-0.3, -0.25) is 9.10 Å². The Morgan fingerprint density at radius 3 is 2.48 bits per heavy atom. The van der Waals surface area contributed by atoms with Gasteiger partial charge in [-0.15, -0.1) is 0 Å². The first-order chi connectivity index (χ1) is 13.7. The fourth-order valence-corrected chi connectivity index (χ4v) is 4.48. The molecule has 1 atom stereocenters. The standard InChI is InChI=1S/C21H26N2O5S/c1-5-18(23(29(4,25)26)17-8-6-14(2)15(3)10-17)21(24)22-12-16-7-9-19-20(11-16)28-13-27-19/h6-11,18H,5,12-13H2,1-4H3,(H,22,24)/t18-/m0/s1. The molecule has 0 spiro atoms. The van der Waals surface area contributed by atoms with Crippen LogP contribution in [0.15, 0.2) is 36.4 Å². The minimum atomic E-state index is -3.66. The van der Waals surface area contributed by atoms with Crippen molar-refractivity contribution in [1.29, 1.82) is 0 Å². The van der Waals surface area contributed by atoms with Crippen molar-refractivity contribution in [2.24, 2.45) is 0 Å². The van der Waals surface area contributed by atoms with Crippen LogP contribution in [0.1, 0.15) is 30.0 Å². The van der Waals surface area contributed by atoms with Crippen LogP contribution < -0.4 is 19.1 Å². The Balaban J connectivity index is 1.80. The number of fused-ring (bicyclic) bond motifs is 1. The van der Waals surface area contributed by atoms with Gasteiger partial charge in [0, 0.05) is 6.54 Å². The number of nitrogens with zero attached hydrogens (tertiary/aromatic N) is 1. The van der Waals surface area contributed by atoms with E-state index in [1.165, 1.54) is 4.31 Å². The van der Waals surface area contributed by atoms with Gasteiger partial charge in [0.05, 0.1) is 11.9 Å². The highest BCUT2D eigenvalue weighted by Crippen LogP contribution is 2.32. The molecule has 0 unspecified atom stereocenters. The molecule has 0 fully saturated rings. The van der Waals surface area contributed by atoms with Crippen LogP contribution in [-0.4, -0.2) is 33.4 Å². The van der Waals surface area contributed by atoms with Gasteiger partial charge in [0.2, 0.25) is 22.7 Å². The Labute approximate surface area is 171 Å². The quantitative estimate of drug-likeness (QED) is 0.747. The summed E-state index contributed by atoms with van der Waals surface area (Å²) in [5, 5.41) is 2.85. The molecule has 3 rings (SSSR count). The van der Waals surface area contributed by atoms with Crippen molar-refractivity contribution in [3.05, 3.63) is 53.1 Å². The highest BCUT2D eigenvalue weighted by molar-refractivity contribution is 7.92. The molecule has 156 valence electrons. The SMILES string of the molecule is CC[C@@H](C(=O)NCc1ccc2c(c1)OCO2)N(c1ccc(C)c(C)c1)S(C)(=O)=O. The van der Waals surface area contributed by atoms with Crippen LogP contribution in [0.4, 0.5) is 5.69 Å². The lowest BCUT2D eigenvalue weighted by atomic mass is 10.1. The van der Waals surface area contributed by atoms with E-state index in [1.54, 1.807) is 31.2 Å². The number of nitrogens with one attached hydrogen (secondary N) is 1. The second-order valence-corrected chi connectivity index (χ2v) is 9.02. The fourth-order valence-electron chi connectivity index (χ4n) is 3.28. The van der Waals surface area contributed by atoms with Crippen molar-refractivity contribution in [3.63, 3.8) is 0 Å². The number of carbonyl (C=O) groups excluding carboxylic acids is 1. The van der Waals surface area contributed by atoms with E-state index in [4.69, 9.17) is 9.47 Å². The highest BCUT2D eigenvalue weighted by atomic mass is 32.2. The van der Waals surface area contributed by atoms with Gasteiger partial charge in [0.25, 0.3) is 0 Å². The Kier molecular flexibility index (Phi) is 6.02. The maximum atomic E-state index is 12.9. The Morgan fingerprint density at radius 1 is 1.10 bits per heavy atom. The fraction of sp³-hybridized carbons (Fsp3) is 0.381. The van der Waals surface area contributed by atoms with E-state index >= 15 is 0 Å². The molecule has 8 heteroatoms. The lowest BCUT2D eigenvalue weighted by Crippen LogP contribution is -2.49. The summed E-state index contributed by atoms with van der Waals surface area (Å²) in [5.41, 5.74) is 3.35. The van der Waals surface area contributed by atoms with Crippen molar-refractivity contribution in [1.82, 2.24) is 5.32 Å². The zero-order chi connectivity index (χ0) is 21.2. The lowest BCUT2D eigenvalue weighted by molar-refractivity contribution is -0.122. The van der Waals surface area contributed by atoms with Gasteiger partial charge < -0.3 is 14.8 Å². The molecule has 2 aromatic rings. The Hall–Kier alpha value is -2.74. The number of anilines is 1. The van der Waals surface area contributed by atoms with Crippen LogP contribution in [0.2, 0.25) is 0 Å². The molecule has 7 nitrogen and oxygen atoms in total. The van der Waals surface area contributed by atoms with E-state index in [-0.39, 0.29) is 19.2 Å². The van der Waals surface area contributed by atoms with Crippen molar-refractivity contribution in [2.75, 3.05) is 17.4 Å². The van der Waals surface area contributed by atoms with Gasteiger partial charge in [-0.1, -0.05) is 19.1 Å². The number of carbonyl (C=O) groups is 1. The van der Waals surface area contributed by atoms with Crippen LogP contribution >= 0.6 is 0 Å². The first-order valence-electron chi connectivity index (χ1n) is 9.43. The molecular weight excluding hydrogens is 392 g/mol. The number of sulfonamides is 1. The third-order valence-electron chi connectivity index (χ3n) is 4.98. The molecule has 1 aliphatic heterocycles. The molecular formula is C21H26N2O5S. The largest absolute Gasteiger partial charge is 0.454 e. The number of amides is 1. The average Bonchev–Trinajstić information content (AvgIpc) is 3.13. The van der Waals surface area contributed by atoms with E-state index in [2.05, 4.69) is 5.32 Å². The minimum Gasteiger partial charge on any atom is -0.454 e. The number of hydrogen-bond donors (Lipinski definition) is 1. The summed E-state index contributed by atoms with van der Waals surface area (Å²) in [6.07, 6.45) is 1.46. The first-order valence-corrected chi connectivity index (χ1v) is 11.3. The Bertz CT molecular complexity index is 1020. The summed E-state index contributed by atoms with van der Waals surface area (Å²) < 4.78 is 36.9. The molecule has 0 aromatic heterocycles. The van der Waals surface area contributed by atoms with Crippen LogP contribution in [0.25, 0.3) is 0 Å². The van der Waals surface area contributed by atoms with Crippen molar-refractivity contribution < 1.29 is 22.7 Å². The number of rotatable bonds is 7. The summed E-state index contributed by atoms with van der Waals surface area (Å²) in [6, 6.07) is 9.98. The predicted molar refractivity (Wildman–Crippen MR) is 112 cm³/mol. The maximum absolute atomic E-state index is 12.9. The smallest absolute Gasteiger partial charge is 0.244 e. The summed E-state index contributed by atoms with van der Waals surface area (Å²) in [7, 11) is -3.66. The molecule has 0 radical (unpaired) electrons. The van der Waals surface area contributed by atoms with Crippen molar-refractivity contribution in [3.8, 4) is 11.5 Å². The lowest BCUT2D eigenvalue weighted by Gasteiger charge is -2.30.